The van der Waals surface area contributed by atoms with Gasteiger partial charge in [-0.15, -0.1) is 0 Å². The van der Waals surface area contributed by atoms with Gasteiger partial charge < -0.3 is 5.32 Å². The maximum Gasteiger partial charge on any atom is 0.129 e. The third-order valence-corrected chi connectivity index (χ3v) is 6.02. The van der Waals surface area contributed by atoms with Gasteiger partial charge in [0, 0.05) is 23.2 Å². The van der Waals surface area contributed by atoms with Crippen LogP contribution in [0.25, 0.3) is 0 Å². The summed E-state index contributed by atoms with van der Waals surface area (Å²) in [5.74, 6) is 0.594. The molecule has 2 saturated carbocycles. The summed E-state index contributed by atoms with van der Waals surface area (Å²) in [6.45, 7) is 7.69. The lowest BCUT2D eigenvalue weighted by molar-refractivity contribution is 0.107. The molecule has 3 rings (SSSR count). The van der Waals surface area contributed by atoms with Crippen LogP contribution in [-0.4, -0.2) is 6.04 Å². The SMILES string of the molecule is CC12CCC(C1)C(C)(C)C2NCc1ccc(Cl)cc1F. The highest BCUT2D eigenvalue weighted by Gasteiger charge is 2.58. The minimum absolute atomic E-state index is 0.212. The second-order valence-corrected chi connectivity index (χ2v) is 7.90. The summed E-state index contributed by atoms with van der Waals surface area (Å²) < 4.78 is 13.9. The number of benzene rings is 1. The molecule has 1 nitrogen and oxygen atoms in total. The summed E-state index contributed by atoms with van der Waals surface area (Å²) in [4.78, 5) is 0. The topological polar surface area (TPSA) is 12.0 Å². The molecular formula is C17H23ClFN. The van der Waals surface area contributed by atoms with Gasteiger partial charge in [0.1, 0.15) is 5.82 Å². The molecule has 2 aliphatic carbocycles. The molecule has 0 heterocycles. The molecule has 1 aromatic carbocycles. The summed E-state index contributed by atoms with van der Waals surface area (Å²) in [6, 6.07) is 5.40. The lowest BCUT2D eigenvalue weighted by atomic mass is 9.68. The monoisotopic (exact) mass is 295 g/mol. The molecule has 2 bridgehead atoms. The molecule has 0 amide bonds. The molecule has 0 saturated heterocycles. The Kier molecular flexibility index (Phi) is 3.38. The Morgan fingerprint density at radius 3 is 2.70 bits per heavy atom. The first kappa shape index (κ1) is 14.3. The second-order valence-electron chi connectivity index (χ2n) is 7.46. The largest absolute Gasteiger partial charge is 0.309 e. The highest BCUT2D eigenvalue weighted by atomic mass is 35.5. The quantitative estimate of drug-likeness (QED) is 0.846. The van der Waals surface area contributed by atoms with Crippen LogP contribution in [0.3, 0.4) is 0 Å². The first-order valence-electron chi connectivity index (χ1n) is 7.50. The van der Waals surface area contributed by atoms with E-state index in [1.807, 2.05) is 0 Å². The third-order valence-electron chi connectivity index (χ3n) is 5.78. The van der Waals surface area contributed by atoms with E-state index < -0.39 is 0 Å². The standard InChI is InChI=1S/C17H23ClFN/c1-16(2)12-6-7-17(3,9-12)15(16)20-10-11-4-5-13(18)8-14(11)19/h4-5,8,12,15,20H,6-7,9-10H2,1-3H3. The van der Waals surface area contributed by atoms with Crippen molar-refractivity contribution in [3.63, 3.8) is 0 Å². The average Bonchev–Trinajstić information content (AvgIpc) is 2.82. The highest BCUT2D eigenvalue weighted by Crippen LogP contribution is 2.62. The van der Waals surface area contributed by atoms with Crippen molar-refractivity contribution in [3.05, 3.63) is 34.6 Å². The van der Waals surface area contributed by atoms with E-state index in [9.17, 15) is 4.39 Å². The smallest absolute Gasteiger partial charge is 0.129 e. The summed E-state index contributed by atoms with van der Waals surface area (Å²) in [7, 11) is 0. The number of rotatable bonds is 3. The second kappa shape index (κ2) is 4.71. The summed E-state index contributed by atoms with van der Waals surface area (Å²) in [6.07, 6.45) is 3.94. The number of fused-ring (bicyclic) bond motifs is 2. The minimum Gasteiger partial charge on any atom is -0.309 e. The van der Waals surface area contributed by atoms with Crippen LogP contribution in [0.4, 0.5) is 4.39 Å². The van der Waals surface area contributed by atoms with Gasteiger partial charge in [-0.3, -0.25) is 0 Å². The number of halogens is 2. The van der Waals surface area contributed by atoms with Crippen molar-refractivity contribution in [2.75, 3.05) is 0 Å². The molecule has 20 heavy (non-hydrogen) atoms. The zero-order valence-corrected chi connectivity index (χ0v) is 13.2. The molecular weight excluding hydrogens is 273 g/mol. The molecule has 2 aliphatic rings. The van der Waals surface area contributed by atoms with Crippen molar-refractivity contribution >= 4 is 11.6 Å². The van der Waals surface area contributed by atoms with E-state index in [0.717, 1.165) is 5.92 Å². The third kappa shape index (κ3) is 2.17. The van der Waals surface area contributed by atoms with Crippen molar-refractivity contribution in [3.8, 4) is 0 Å². The Balaban J connectivity index is 1.75. The van der Waals surface area contributed by atoms with Crippen molar-refractivity contribution in [2.24, 2.45) is 16.7 Å². The van der Waals surface area contributed by atoms with Crippen LogP contribution in [0.15, 0.2) is 18.2 Å². The molecule has 2 fully saturated rings. The van der Waals surface area contributed by atoms with Crippen LogP contribution in [0.5, 0.6) is 0 Å². The maximum atomic E-state index is 13.9. The lowest BCUT2D eigenvalue weighted by Crippen LogP contribution is -2.50. The van der Waals surface area contributed by atoms with Gasteiger partial charge in [-0.2, -0.15) is 0 Å². The van der Waals surface area contributed by atoms with Crippen molar-refractivity contribution in [1.82, 2.24) is 5.32 Å². The Labute approximate surface area is 125 Å². The van der Waals surface area contributed by atoms with Gasteiger partial charge in [0.25, 0.3) is 0 Å². The van der Waals surface area contributed by atoms with E-state index in [0.29, 0.717) is 34.0 Å². The first-order valence-corrected chi connectivity index (χ1v) is 7.88. The summed E-state index contributed by atoms with van der Waals surface area (Å²) in [5.41, 5.74) is 1.38. The number of hydrogen-bond acceptors (Lipinski definition) is 1. The molecule has 0 aromatic heterocycles. The molecule has 1 aromatic rings. The normalized spacial score (nSPS) is 34.6. The van der Waals surface area contributed by atoms with Crippen LogP contribution in [-0.2, 0) is 6.54 Å². The molecule has 3 unspecified atom stereocenters. The maximum absolute atomic E-state index is 13.9. The first-order chi connectivity index (χ1) is 9.33. The molecule has 3 heteroatoms. The Morgan fingerprint density at radius 1 is 1.35 bits per heavy atom. The molecule has 0 aliphatic heterocycles. The predicted octanol–water partition coefficient (Wildman–Crippen LogP) is 4.78. The molecule has 0 spiro atoms. The van der Waals surface area contributed by atoms with E-state index in [1.165, 1.54) is 25.3 Å². The van der Waals surface area contributed by atoms with E-state index in [4.69, 9.17) is 11.6 Å². The van der Waals surface area contributed by atoms with Crippen LogP contribution in [0, 0.1) is 22.6 Å². The molecule has 1 N–H and O–H groups in total. The van der Waals surface area contributed by atoms with E-state index in [-0.39, 0.29) is 5.82 Å². The van der Waals surface area contributed by atoms with Gasteiger partial charge >= 0.3 is 0 Å². The zero-order chi connectivity index (χ0) is 14.5. The fourth-order valence-electron chi connectivity index (χ4n) is 4.69. The predicted molar refractivity (Wildman–Crippen MR) is 81.3 cm³/mol. The van der Waals surface area contributed by atoms with Gasteiger partial charge in [0.05, 0.1) is 0 Å². The van der Waals surface area contributed by atoms with Gasteiger partial charge in [0.2, 0.25) is 0 Å². The van der Waals surface area contributed by atoms with Crippen LogP contribution >= 0.6 is 11.6 Å². The molecule has 110 valence electrons. The highest BCUT2D eigenvalue weighted by molar-refractivity contribution is 6.30. The van der Waals surface area contributed by atoms with Gasteiger partial charge in [0.15, 0.2) is 0 Å². The zero-order valence-electron chi connectivity index (χ0n) is 12.5. The van der Waals surface area contributed by atoms with Crippen LogP contribution in [0.2, 0.25) is 5.02 Å². The fourth-order valence-corrected chi connectivity index (χ4v) is 4.85. The van der Waals surface area contributed by atoms with Crippen molar-refractivity contribution < 1.29 is 4.39 Å². The summed E-state index contributed by atoms with van der Waals surface area (Å²) in [5, 5.41) is 4.09. The van der Waals surface area contributed by atoms with Crippen molar-refractivity contribution in [2.45, 2.75) is 52.6 Å². The molecule has 0 radical (unpaired) electrons. The van der Waals surface area contributed by atoms with Gasteiger partial charge in [-0.25, -0.2) is 4.39 Å². The van der Waals surface area contributed by atoms with Gasteiger partial charge in [-0.05, 0) is 48.1 Å². The van der Waals surface area contributed by atoms with Crippen LogP contribution in [0.1, 0.15) is 45.6 Å². The number of nitrogens with one attached hydrogen (secondary N) is 1. The van der Waals surface area contributed by atoms with Gasteiger partial charge in [-0.1, -0.05) is 38.4 Å². The minimum atomic E-state index is -0.212. The Hall–Kier alpha value is -0.600. The summed E-state index contributed by atoms with van der Waals surface area (Å²) >= 11 is 5.80. The average molecular weight is 296 g/mol. The fraction of sp³-hybridized carbons (Fsp3) is 0.647. The van der Waals surface area contributed by atoms with E-state index in [2.05, 4.69) is 26.1 Å². The van der Waals surface area contributed by atoms with E-state index >= 15 is 0 Å². The van der Waals surface area contributed by atoms with E-state index in [1.54, 1.807) is 12.1 Å². The Morgan fingerprint density at radius 2 is 2.10 bits per heavy atom. The van der Waals surface area contributed by atoms with Crippen LogP contribution < -0.4 is 5.32 Å². The van der Waals surface area contributed by atoms with Crippen molar-refractivity contribution in [1.29, 1.82) is 0 Å². The lowest BCUT2D eigenvalue weighted by Gasteiger charge is -2.43. The molecule has 3 atom stereocenters. The number of hydrogen-bond donors (Lipinski definition) is 1. The Bertz CT molecular complexity index is 523.